The number of furan rings is 1. The SMILES string of the molecule is COC(=O)Cc1oc2ccc(Br)cc2c1F. The number of hydrogen-bond acceptors (Lipinski definition) is 3. The molecule has 0 saturated heterocycles. The molecule has 0 atom stereocenters. The Bertz CT molecular complexity index is 547. The van der Waals surface area contributed by atoms with Crippen molar-refractivity contribution in [3.63, 3.8) is 0 Å². The van der Waals surface area contributed by atoms with Crippen molar-refractivity contribution < 1.29 is 18.3 Å². The van der Waals surface area contributed by atoms with Gasteiger partial charge in [-0.15, -0.1) is 0 Å². The lowest BCUT2D eigenvalue weighted by atomic mass is 10.2. The predicted octanol–water partition coefficient (Wildman–Crippen LogP) is 3.05. The molecule has 1 aromatic heterocycles. The fourth-order valence-electron chi connectivity index (χ4n) is 1.41. The van der Waals surface area contributed by atoms with Gasteiger partial charge in [0.15, 0.2) is 11.6 Å². The van der Waals surface area contributed by atoms with Gasteiger partial charge < -0.3 is 9.15 Å². The molecule has 5 heteroatoms. The van der Waals surface area contributed by atoms with E-state index < -0.39 is 11.8 Å². The molecule has 0 N–H and O–H groups in total. The predicted molar refractivity (Wildman–Crippen MR) is 59.6 cm³/mol. The van der Waals surface area contributed by atoms with Crippen LogP contribution in [0.1, 0.15) is 5.76 Å². The number of esters is 1. The summed E-state index contributed by atoms with van der Waals surface area (Å²) in [4.78, 5) is 11.0. The fourth-order valence-corrected chi connectivity index (χ4v) is 1.77. The minimum Gasteiger partial charge on any atom is -0.469 e. The molecule has 0 unspecified atom stereocenters. The first-order valence-corrected chi connectivity index (χ1v) is 5.34. The maximum atomic E-state index is 13.8. The second-order valence-electron chi connectivity index (χ2n) is 3.23. The van der Waals surface area contributed by atoms with Crippen molar-refractivity contribution in [1.82, 2.24) is 0 Å². The highest BCUT2D eigenvalue weighted by Gasteiger charge is 2.17. The van der Waals surface area contributed by atoms with Crippen LogP contribution in [0.25, 0.3) is 11.0 Å². The van der Waals surface area contributed by atoms with E-state index in [2.05, 4.69) is 20.7 Å². The van der Waals surface area contributed by atoms with Crippen molar-refractivity contribution in [2.45, 2.75) is 6.42 Å². The largest absolute Gasteiger partial charge is 0.469 e. The Balaban J connectivity index is 2.48. The van der Waals surface area contributed by atoms with Gasteiger partial charge in [-0.1, -0.05) is 15.9 Å². The third-order valence-electron chi connectivity index (χ3n) is 2.19. The van der Waals surface area contributed by atoms with Crippen molar-refractivity contribution in [2.24, 2.45) is 0 Å². The summed E-state index contributed by atoms with van der Waals surface area (Å²) in [5, 5.41) is 0.355. The van der Waals surface area contributed by atoms with Crippen LogP contribution in [0, 0.1) is 5.82 Å². The zero-order valence-electron chi connectivity index (χ0n) is 8.42. The van der Waals surface area contributed by atoms with Crippen molar-refractivity contribution in [3.8, 4) is 0 Å². The van der Waals surface area contributed by atoms with E-state index in [1.807, 2.05) is 0 Å². The monoisotopic (exact) mass is 286 g/mol. The second kappa shape index (κ2) is 4.25. The van der Waals surface area contributed by atoms with Gasteiger partial charge in [-0.3, -0.25) is 4.79 Å². The molecule has 1 heterocycles. The van der Waals surface area contributed by atoms with E-state index in [0.717, 1.165) is 4.47 Å². The fraction of sp³-hybridized carbons (Fsp3) is 0.182. The van der Waals surface area contributed by atoms with Crippen LogP contribution < -0.4 is 0 Å². The molecule has 0 bridgehead atoms. The molecule has 0 saturated carbocycles. The summed E-state index contributed by atoms with van der Waals surface area (Å²) in [5.74, 6) is -1.04. The summed E-state index contributed by atoms with van der Waals surface area (Å²) in [5.41, 5.74) is 0.416. The molecule has 0 aliphatic rings. The molecule has 0 aliphatic heterocycles. The number of rotatable bonds is 2. The van der Waals surface area contributed by atoms with Crippen LogP contribution >= 0.6 is 15.9 Å². The van der Waals surface area contributed by atoms with E-state index in [-0.39, 0.29) is 12.2 Å². The number of halogens is 2. The number of carbonyl (C=O) groups is 1. The van der Waals surface area contributed by atoms with Gasteiger partial charge >= 0.3 is 5.97 Å². The average Bonchev–Trinajstić information content (AvgIpc) is 2.56. The Kier molecular flexibility index (Phi) is 2.96. The van der Waals surface area contributed by atoms with Crippen molar-refractivity contribution in [3.05, 3.63) is 34.2 Å². The lowest BCUT2D eigenvalue weighted by molar-refractivity contribution is -0.140. The van der Waals surface area contributed by atoms with E-state index in [0.29, 0.717) is 11.0 Å². The number of hydrogen-bond donors (Lipinski definition) is 0. The van der Waals surface area contributed by atoms with Crippen LogP contribution in [-0.2, 0) is 16.0 Å². The molecule has 2 aromatic rings. The van der Waals surface area contributed by atoms with Crippen molar-refractivity contribution >= 4 is 32.9 Å². The molecule has 0 radical (unpaired) electrons. The molecular weight excluding hydrogens is 279 g/mol. The molecule has 0 aliphatic carbocycles. The smallest absolute Gasteiger partial charge is 0.313 e. The minimum atomic E-state index is -0.531. The number of carbonyl (C=O) groups excluding carboxylic acids is 1. The first-order valence-electron chi connectivity index (χ1n) is 4.55. The zero-order chi connectivity index (χ0) is 11.7. The normalized spacial score (nSPS) is 10.7. The highest BCUT2D eigenvalue weighted by atomic mass is 79.9. The maximum absolute atomic E-state index is 13.8. The number of methoxy groups -OCH3 is 1. The standard InChI is InChI=1S/C11H8BrFO3/c1-15-10(14)5-9-11(13)7-4-6(12)2-3-8(7)16-9/h2-4H,5H2,1H3. The third kappa shape index (κ3) is 1.95. The molecule has 16 heavy (non-hydrogen) atoms. The van der Waals surface area contributed by atoms with Crippen LogP contribution in [0.3, 0.4) is 0 Å². The van der Waals surface area contributed by atoms with Crippen LogP contribution in [0.2, 0.25) is 0 Å². The van der Waals surface area contributed by atoms with Gasteiger partial charge in [0.1, 0.15) is 12.0 Å². The van der Waals surface area contributed by atoms with Gasteiger partial charge in [0.2, 0.25) is 0 Å². The van der Waals surface area contributed by atoms with E-state index in [1.54, 1.807) is 18.2 Å². The summed E-state index contributed by atoms with van der Waals surface area (Å²) in [6.45, 7) is 0. The van der Waals surface area contributed by atoms with Gasteiger partial charge in [-0.05, 0) is 18.2 Å². The van der Waals surface area contributed by atoms with Crippen LogP contribution in [-0.4, -0.2) is 13.1 Å². The Morgan fingerprint density at radius 1 is 1.56 bits per heavy atom. The van der Waals surface area contributed by atoms with Gasteiger partial charge in [0, 0.05) is 4.47 Å². The Morgan fingerprint density at radius 2 is 2.31 bits per heavy atom. The molecule has 84 valence electrons. The molecular formula is C11H8BrFO3. The van der Waals surface area contributed by atoms with Crippen LogP contribution in [0.5, 0.6) is 0 Å². The van der Waals surface area contributed by atoms with Gasteiger partial charge in [-0.2, -0.15) is 0 Å². The minimum absolute atomic E-state index is 0.0000463. The van der Waals surface area contributed by atoms with Gasteiger partial charge in [0.05, 0.1) is 12.5 Å². The quantitative estimate of drug-likeness (QED) is 0.797. The van der Waals surface area contributed by atoms with Crippen molar-refractivity contribution in [1.29, 1.82) is 0 Å². The third-order valence-corrected chi connectivity index (χ3v) is 2.68. The van der Waals surface area contributed by atoms with E-state index in [4.69, 9.17) is 4.42 Å². The highest BCUT2D eigenvalue weighted by Crippen LogP contribution is 2.27. The first-order chi connectivity index (χ1) is 7.61. The van der Waals surface area contributed by atoms with E-state index >= 15 is 0 Å². The topological polar surface area (TPSA) is 39.4 Å². The van der Waals surface area contributed by atoms with E-state index in [9.17, 15) is 9.18 Å². The lowest BCUT2D eigenvalue weighted by Crippen LogP contribution is -2.04. The summed E-state index contributed by atoms with van der Waals surface area (Å²) in [6, 6.07) is 4.99. The molecule has 0 spiro atoms. The Labute approximate surface area is 99.3 Å². The maximum Gasteiger partial charge on any atom is 0.313 e. The van der Waals surface area contributed by atoms with Crippen LogP contribution in [0.4, 0.5) is 4.39 Å². The van der Waals surface area contributed by atoms with Crippen molar-refractivity contribution in [2.75, 3.05) is 7.11 Å². The Morgan fingerprint density at radius 3 is 3.00 bits per heavy atom. The number of benzene rings is 1. The molecule has 1 aromatic carbocycles. The molecule has 0 amide bonds. The molecule has 3 nitrogen and oxygen atoms in total. The Hall–Kier alpha value is -1.36. The van der Waals surface area contributed by atoms with Gasteiger partial charge in [0.25, 0.3) is 0 Å². The number of fused-ring (bicyclic) bond motifs is 1. The summed E-state index contributed by atoms with van der Waals surface area (Å²) in [6.07, 6.45) is -0.200. The molecule has 2 rings (SSSR count). The highest BCUT2D eigenvalue weighted by molar-refractivity contribution is 9.10. The summed E-state index contributed by atoms with van der Waals surface area (Å²) in [7, 11) is 1.25. The van der Waals surface area contributed by atoms with Crippen LogP contribution in [0.15, 0.2) is 27.1 Å². The first kappa shape index (κ1) is 11.1. The summed E-state index contributed by atoms with van der Waals surface area (Å²) < 4.78 is 24.2. The summed E-state index contributed by atoms with van der Waals surface area (Å²) >= 11 is 3.24. The molecule has 0 fully saturated rings. The average molecular weight is 287 g/mol. The zero-order valence-corrected chi connectivity index (χ0v) is 10.0. The second-order valence-corrected chi connectivity index (χ2v) is 4.15. The van der Waals surface area contributed by atoms with Gasteiger partial charge in [-0.25, -0.2) is 4.39 Å². The van der Waals surface area contributed by atoms with E-state index in [1.165, 1.54) is 7.11 Å². The number of ether oxygens (including phenoxy) is 1. The lowest BCUT2D eigenvalue weighted by Gasteiger charge is -1.94.